The van der Waals surface area contributed by atoms with E-state index in [1.165, 1.54) is 35.2 Å². The first-order valence-electron chi connectivity index (χ1n) is 9.73. The number of carbonyl (C=O) groups excluding carboxylic acids is 3. The summed E-state index contributed by atoms with van der Waals surface area (Å²) in [7, 11) is 0. The van der Waals surface area contributed by atoms with Crippen molar-refractivity contribution in [3.05, 3.63) is 59.4 Å². The van der Waals surface area contributed by atoms with Gasteiger partial charge < -0.3 is 24.2 Å². The van der Waals surface area contributed by atoms with Crippen molar-refractivity contribution in [2.45, 2.75) is 25.0 Å². The third kappa shape index (κ3) is 4.51. The summed E-state index contributed by atoms with van der Waals surface area (Å²) >= 11 is 0. The van der Waals surface area contributed by atoms with Gasteiger partial charge in [0.25, 0.3) is 0 Å². The number of rotatable bonds is 6. The second kappa shape index (κ2) is 8.73. The SMILES string of the molecule is O=C(COC(=O)C1CC(O)CN1C(=O)Cc1ccccc1F)c1ccc2c(c1)OCO2. The second-order valence-electron chi connectivity index (χ2n) is 7.32. The standard InChI is InChI=1S/C22H20FNO7/c23-16-4-2-1-3-13(16)8-21(27)24-10-15(25)9-17(24)22(28)29-11-18(26)14-5-6-19-20(7-14)31-12-30-19/h1-7,15,17,25H,8-12H2. The molecule has 0 bridgehead atoms. The van der Waals surface area contributed by atoms with Gasteiger partial charge in [0, 0.05) is 18.5 Å². The van der Waals surface area contributed by atoms with Crippen LogP contribution >= 0.6 is 0 Å². The second-order valence-corrected chi connectivity index (χ2v) is 7.32. The Morgan fingerprint density at radius 2 is 1.90 bits per heavy atom. The molecule has 1 N–H and O–H groups in total. The molecule has 1 saturated heterocycles. The fourth-order valence-corrected chi connectivity index (χ4v) is 3.61. The molecule has 2 aliphatic heterocycles. The third-order valence-corrected chi connectivity index (χ3v) is 5.21. The number of amides is 1. The summed E-state index contributed by atoms with van der Waals surface area (Å²) in [4.78, 5) is 38.7. The molecule has 0 saturated carbocycles. The van der Waals surface area contributed by atoms with Gasteiger partial charge in [0.2, 0.25) is 12.7 Å². The van der Waals surface area contributed by atoms with Gasteiger partial charge in [0.15, 0.2) is 23.9 Å². The van der Waals surface area contributed by atoms with Crippen LogP contribution in [0.3, 0.4) is 0 Å². The molecule has 2 aromatic carbocycles. The maximum Gasteiger partial charge on any atom is 0.329 e. The summed E-state index contributed by atoms with van der Waals surface area (Å²) in [5.74, 6) is -1.32. The molecule has 2 aliphatic rings. The smallest absolute Gasteiger partial charge is 0.329 e. The van der Waals surface area contributed by atoms with Gasteiger partial charge in [-0.2, -0.15) is 0 Å². The Labute approximate surface area is 177 Å². The Morgan fingerprint density at radius 3 is 2.71 bits per heavy atom. The molecule has 2 aromatic rings. The number of carbonyl (C=O) groups is 3. The minimum atomic E-state index is -1.04. The number of hydrogen-bond donors (Lipinski definition) is 1. The molecule has 2 unspecified atom stereocenters. The average molecular weight is 429 g/mol. The topological polar surface area (TPSA) is 102 Å². The maximum absolute atomic E-state index is 13.9. The lowest BCUT2D eigenvalue weighted by molar-refractivity contribution is -0.152. The lowest BCUT2D eigenvalue weighted by Gasteiger charge is -2.23. The number of likely N-dealkylation sites (tertiary alicyclic amines) is 1. The summed E-state index contributed by atoms with van der Waals surface area (Å²) < 4.78 is 29.4. The molecular formula is C22H20FNO7. The molecule has 1 fully saturated rings. The summed E-state index contributed by atoms with van der Waals surface area (Å²) in [6.45, 7) is -0.522. The zero-order chi connectivity index (χ0) is 22.0. The Kier molecular flexibility index (Phi) is 5.85. The number of esters is 1. The Hall–Kier alpha value is -3.46. The zero-order valence-corrected chi connectivity index (χ0v) is 16.5. The van der Waals surface area contributed by atoms with Crippen molar-refractivity contribution in [2.24, 2.45) is 0 Å². The van der Waals surface area contributed by atoms with Gasteiger partial charge >= 0.3 is 5.97 Å². The number of nitrogens with zero attached hydrogens (tertiary/aromatic N) is 1. The van der Waals surface area contributed by atoms with Crippen molar-refractivity contribution in [2.75, 3.05) is 19.9 Å². The van der Waals surface area contributed by atoms with E-state index in [1.54, 1.807) is 12.1 Å². The fraction of sp³-hybridized carbons (Fsp3) is 0.318. The van der Waals surface area contributed by atoms with Gasteiger partial charge in [-0.05, 0) is 29.8 Å². The zero-order valence-electron chi connectivity index (χ0n) is 16.5. The first-order chi connectivity index (χ1) is 14.9. The first-order valence-corrected chi connectivity index (χ1v) is 9.73. The highest BCUT2D eigenvalue weighted by molar-refractivity contribution is 5.99. The fourth-order valence-electron chi connectivity index (χ4n) is 3.61. The molecular weight excluding hydrogens is 409 g/mol. The van der Waals surface area contributed by atoms with Gasteiger partial charge in [0.1, 0.15) is 11.9 Å². The maximum atomic E-state index is 13.9. The monoisotopic (exact) mass is 429 g/mol. The van der Waals surface area contributed by atoms with Crippen molar-refractivity contribution >= 4 is 17.7 Å². The van der Waals surface area contributed by atoms with E-state index in [2.05, 4.69) is 0 Å². The van der Waals surface area contributed by atoms with E-state index >= 15 is 0 Å². The number of benzene rings is 2. The quantitative estimate of drug-likeness (QED) is 0.548. The van der Waals surface area contributed by atoms with Crippen LogP contribution in [0, 0.1) is 5.82 Å². The number of β-amino-alcohol motifs (C(OH)–C–C–N with tert-alkyl or cyclic N) is 1. The van der Waals surface area contributed by atoms with Crippen LogP contribution in [-0.2, 0) is 20.7 Å². The number of ether oxygens (including phenoxy) is 3. The Morgan fingerprint density at radius 1 is 1.13 bits per heavy atom. The number of aliphatic hydroxyl groups is 1. The molecule has 2 atom stereocenters. The normalized spacial score (nSPS) is 19.4. The van der Waals surface area contributed by atoms with E-state index in [1.807, 2.05) is 0 Å². The largest absolute Gasteiger partial charge is 0.456 e. The number of hydrogen-bond acceptors (Lipinski definition) is 7. The van der Waals surface area contributed by atoms with Crippen molar-refractivity contribution in [3.8, 4) is 11.5 Å². The summed E-state index contributed by atoms with van der Waals surface area (Å²) in [6.07, 6.45) is -1.18. The molecule has 0 spiro atoms. The van der Waals surface area contributed by atoms with Gasteiger partial charge in [0.05, 0.1) is 12.5 Å². The Balaban J connectivity index is 1.38. The van der Waals surface area contributed by atoms with E-state index in [-0.39, 0.29) is 37.3 Å². The number of halogens is 1. The molecule has 1 amide bonds. The van der Waals surface area contributed by atoms with Crippen LogP contribution in [0.4, 0.5) is 4.39 Å². The van der Waals surface area contributed by atoms with Gasteiger partial charge in [-0.3, -0.25) is 9.59 Å². The average Bonchev–Trinajstić information content (AvgIpc) is 3.39. The number of aliphatic hydroxyl groups excluding tert-OH is 1. The minimum Gasteiger partial charge on any atom is -0.456 e. The van der Waals surface area contributed by atoms with Crippen LogP contribution < -0.4 is 9.47 Å². The highest BCUT2D eigenvalue weighted by Gasteiger charge is 2.40. The van der Waals surface area contributed by atoms with Crippen LogP contribution in [0.25, 0.3) is 0 Å². The van der Waals surface area contributed by atoms with Crippen molar-refractivity contribution in [3.63, 3.8) is 0 Å². The predicted octanol–water partition coefficient (Wildman–Crippen LogP) is 1.48. The van der Waals surface area contributed by atoms with Crippen LogP contribution in [-0.4, -0.2) is 59.8 Å². The summed E-state index contributed by atoms with van der Waals surface area (Å²) in [6, 6.07) is 9.44. The molecule has 162 valence electrons. The van der Waals surface area contributed by atoms with E-state index in [0.29, 0.717) is 11.5 Å². The van der Waals surface area contributed by atoms with Crippen LogP contribution in [0.15, 0.2) is 42.5 Å². The molecule has 0 aromatic heterocycles. The molecule has 9 heteroatoms. The predicted molar refractivity (Wildman–Crippen MR) is 104 cm³/mol. The van der Waals surface area contributed by atoms with Gasteiger partial charge in [-0.25, -0.2) is 9.18 Å². The minimum absolute atomic E-state index is 0.0138. The van der Waals surface area contributed by atoms with E-state index in [9.17, 15) is 23.9 Å². The van der Waals surface area contributed by atoms with Crippen LogP contribution in [0.2, 0.25) is 0 Å². The third-order valence-electron chi connectivity index (χ3n) is 5.21. The van der Waals surface area contributed by atoms with E-state index in [4.69, 9.17) is 14.2 Å². The van der Waals surface area contributed by atoms with Gasteiger partial charge in [-0.15, -0.1) is 0 Å². The number of ketones is 1. The first kappa shape index (κ1) is 20.8. The Bertz CT molecular complexity index is 1020. The molecule has 0 aliphatic carbocycles. The van der Waals surface area contributed by atoms with E-state index < -0.39 is 42.2 Å². The van der Waals surface area contributed by atoms with Crippen LogP contribution in [0.1, 0.15) is 22.3 Å². The molecule has 4 rings (SSSR count). The highest BCUT2D eigenvalue weighted by Crippen LogP contribution is 2.32. The summed E-state index contributed by atoms with van der Waals surface area (Å²) in [5.41, 5.74) is 0.481. The van der Waals surface area contributed by atoms with E-state index in [0.717, 1.165) is 0 Å². The molecule has 2 heterocycles. The van der Waals surface area contributed by atoms with Crippen molar-refractivity contribution in [1.29, 1.82) is 0 Å². The molecule has 8 nitrogen and oxygen atoms in total. The molecule has 0 radical (unpaired) electrons. The highest BCUT2D eigenvalue weighted by atomic mass is 19.1. The summed E-state index contributed by atoms with van der Waals surface area (Å²) in [5, 5.41) is 9.97. The number of fused-ring (bicyclic) bond motifs is 1. The van der Waals surface area contributed by atoms with Crippen molar-refractivity contribution in [1.82, 2.24) is 4.90 Å². The van der Waals surface area contributed by atoms with Crippen molar-refractivity contribution < 1.29 is 38.1 Å². The molecule has 31 heavy (non-hydrogen) atoms. The lowest BCUT2D eigenvalue weighted by atomic mass is 10.1. The van der Waals surface area contributed by atoms with Crippen LogP contribution in [0.5, 0.6) is 11.5 Å². The lowest BCUT2D eigenvalue weighted by Crippen LogP contribution is -2.42. The number of Topliss-reactive ketones (excluding diaryl/α,β-unsaturated/α-hetero) is 1. The van der Waals surface area contributed by atoms with Gasteiger partial charge in [-0.1, -0.05) is 18.2 Å².